The quantitative estimate of drug-likeness (QED) is 0.650. The third kappa shape index (κ3) is 1.17. The summed E-state index contributed by atoms with van der Waals surface area (Å²) in [6, 6.07) is 14.4. The van der Waals surface area contributed by atoms with Gasteiger partial charge < -0.3 is 15.0 Å². The Labute approximate surface area is 87.1 Å². The van der Waals surface area contributed by atoms with Gasteiger partial charge in [0, 0.05) is 0 Å². The van der Waals surface area contributed by atoms with Crippen molar-refractivity contribution in [2.45, 2.75) is 0 Å². The van der Waals surface area contributed by atoms with E-state index in [0.29, 0.717) is 22.9 Å². The second-order valence-electron chi connectivity index (χ2n) is 3.33. The Morgan fingerprint density at radius 1 is 0.800 bits per heavy atom. The van der Waals surface area contributed by atoms with Gasteiger partial charge in [-0.25, -0.2) is 0 Å². The predicted molar refractivity (Wildman–Crippen MR) is 58.5 cm³/mol. The number of para-hydroxylation sites is 4. The first-order chi connectivity index (χ1) is 7.36. The van der Waals surface area contributed by atoms with Crippen LogP contribution in [0, 0.1) is 5.21 Å². The van der Waals surface area contributed by atoms with Crippen molar-refractivity contribution in [1.29, 1.82) is 0 Å². The van der Waals surface area contributed by atoms with Gasteiger partial charge in [-0.05, 0) is 24.3 Å². The molecule has 3 heteroatoms. The van der Waals surface area contributed by atoms with Crippen LogP contribution in [-0.4, -0.2) is 0 Å². The lowest BCUT2D eigenvalue weighted by Gasteiger charge is -2.37. The second-order valence-corrected chi connectivity index (χ2v) is 3.33. The maximum atomic E-state index is 11.9. The molecule has 0 N–H and O–H groups in total. The highest BCUT2D eigenvalue weighted by atomic mass is 16.5. The van der Waals surface area contributed by atoms with E-state index in [1.807, 2.05) is 24.3 Å². The number of hydrogen-bond acceptors (Lipinski definition) is 3. The molecule has 0 spiro atoms. The summed E-state index contributed by atoms with van der Waals surface area (Å²) in [5, 5.41) is 12.8. The van der Waals surface area contributed by atoms with E-state index in [9.17, 15) is 5.21 Å². The molecule has 0 radical (unpaired) electrons. The summed E-state index contributed by atoms with van der Waals surface area (Å²) < 4.78 is 5.61. The summed E-state index contributed by atoms with van der Waals surface area (Å²) in [7, 11) is 0. The largest absolute Gasteiger partial charge is 0.754 e. The average Bonchev–Trinajstić information content (AvgIpc) is 2.30. The molecule has 1 heterocycles. The number of ether oxygens (including phenoxy) is 1. The molecule has 2 aromatic carbocycles. The Hall–Kier alpha value is -2.00. The average molecular weight is 198 g/mol. The summed E-state index contributed by atoms with van der Waals surface area (Å²) in [6.07, 6.45) is 0. The molecule has 2 aromatic rings. The second kappa shape index (κ2) is 3.00. The van der Waals surface area contributed by atoms with Crippen molar-refractivity contribution in [2.75, 3.05) is 5.06 Å². The summed E-state index contributed by atoms with van der Waals surface area (Å²) in [5.41, 5.74) is 1.10. The maximum absolute atomic E-state index is 11.9. The van der Waals surface area contributed by atoms with Crippen molar-refractivity contribution < 1.29 is 4.74 Å². The zero-order chi connectivity index (χ0) is 10.3. The lowest BCUT2D eigenvalue weighted by Crippen LogP contribution is -2.13. The van der Waals surface area contributed by atoms with E-state index in [1.54, 1.807) is 24.3 Å². The van der Waals surface area contributed by atoms with Crippen molar-refractivity contribution in [2.24, 2.45) is 0 Å². The van der Waals surface area contributed by atoms with Crippen LogP contribution in [0.15, 0.2) is 48.5 Å². The molecule has 0 saturated carbocycles. The summed E-state index contributed by atoms with van der Waals surface area (Å²) in [6.45, 7) is 0. The van der Waals surface area contributed by atoms with Gasteiger partial charge in [-0.2, -0.15) is 0 Å². The smallest absolute Gasteiger partial charge is 0.150 e. The van der Waals surface area contributed by atoms with E-state index in [2.05, 4.69) is 0 Å². The van der Waals surface area contributed by atoms with E-state index in [0.717, 1.165) is 5.06 Å². The highest BCUT2D eigenvalue weighted by molar-refractivity contribution is 5.78. The molecule has 0 bridgehead atoms. The molecule has 0 aliphatic carbocycles. The molecular weight excluding hydrogens is 190 g/mol. The van der Waals surface area contributed by atoms with Gasteiger partial charge in [-0.15, -0.1) is 0 Å². The third-order valence-corrected chi connectivity index (χ3v) is 2.39. The predicted octanol–water partition coefficient (Wildman–Crippen LogP) is 3.43. The number of benzene rings is 2. The highest BCUT2D eigenvalue weighted by Gasteiger charge is 2.16. The molecule has 0 unspecified atom stereocenters. The van der Waals surface area contributed by atoms with Crippen LogP contribution >= 0.6 is 0 Å². The number of fused-ring (bicyclic) bond motifs is 2. The van der Waals surface area contributed by atoms with Gasteiger partial charge in [-0.1, -0.05) is 24.3 Å². The number of anilines is 2. The minimum Gasteiger partial charge on any atom is -0.754 e. The first-order valence-electron chi connectivity index (χ1n) is 4.69. The number of rotatable bonds is 0. The molecule has 3 nitrogen and oxygen atoms in total. The molecule has 0 fully saturated rings. The zero-order valence-electron chi connectivity index (χ0n) is 7.88. The van der Waals surface area contributed by atoms with E-state index < -0.39 is 0 Å². The highest BCUT2D eigenvalue weighted by Crippen LogP contribution is 2.45. The van der Waals surface area contributed by atoms with Gasteiger partial charge in [0.2, 0.25) is 0 Å². The van der Waals surface area contributed by atoms with Crippen LogP contribution in [0.2, 0.25) is 0 Å². The van der Waals surface area contributed by atoms with Crippen molar-refractivity contribution >= 4 is 11.4 Å². The number of nitrogens with zero attached hydrogens (tertiary/aromatic N) is 1. The van der Waals surface area contributed by atoms with Crippen LogP contribution in [0.1, 0.15) is 0 Å². The molecule has 1 aliphatic rings. The Morgan fingerprint density at radius 2 is 1.27 bits per heavy atom. The first kappa shape index (κ1) is 8.32. The molecule has 15 heavy (non-hydrogen) atoms. The fraction of sp³-hybridized carbons (Fsp3) is 0. The normalized spacial score (nSPS) is 12.7. The van der Waals surface area contributed by atoms with E-state index in [4.69, 9.17) is 4.74 Å². The maximum Gasteiger partial charge on any atom is 0.150 e. The molecule has 3 rings (SSSR count). The van der Waals surface area contributed by atoms with Gasteiger partial charge in [-0.3, -0.25) is 0 Å². The first-order valence-corrected chi connectivity index (χ1v) is 4.69. The Kier molecular flexibility index (Phi) is 1.66. The molecular formula is C12H8NO2-. The lowest BCUT2D eigenvalue weighted by molar-refractivity contribution is 0.477. The van der Waals surface area contributed by atoms with Gasteiger partial charge in [0.15, 0.2) is 0 Å². The van der Waals surface area contributed by atoms with Crippen LogP contribution in [0.4, 0.5) is 11.4 Å². The summed E-state index contributed by atoms with van der Waals surface area (Å²) in [4.78, 5) is 0. The molecule has 0 saturated heterocycles. The number of hydrogen-bond donors (Lipinski definition) is 0. The van der Waals surface area contributed by atoms with Crippen molar-refractivity contribution in [3.8, 4) is 11.5 Å². The molecule has 1 aliphatic heterocycles. The minimum atomic E-state index is 0.552. The van der Waals surface area contributed by atoms with Gasteiger partial charge in [0.1, 0.15) is 11.5 Å². The Balaban J connectivity index is 2.20. The van der Waals surface area contributed by atoms with E-state index >= 15 is 0 Å². The fourth-order valence-corrected chi connectivity index (χ4v) is 1.67. The van der Waals surface area contributed by atoms with Crippen molar-refractivity contribution in [1.82, 2.24) is 0 Å². The fourth-order valence-electron chi connectivity index (χ4n) is 1.67. The molecule has 0 amide bonds. The minimum absolute atomic E-state index is 0.552. The monoisotopic (exact) mass is 198 g/mol. The lowest BCUT2D eigenvalue weighted by atomic mass is 10.2. The van der Waals surface area contributed by atoms with Gasteiger partial charge in [0.25, 0.3) is 0 Å². The molecule has 74 valence electrons. The van der Waals surface area contributed by atoms with Crippen molar-refractivity contribution in [3.63, 3.8) is 0 Å². The van der Waals surface area contributed by atoms with E-state index in [-0.39, 0.29) is 0 Å². The SMILES string of the molecule is [O-]N1c2ccccc2Oc2ccccc21. The van der Waals surface area contributed by atoms with E-state index in [1.165, 1.54) is 0 Å². The molecule has 0 aromatic heterocycles. The van der Waals surface area contributed by atoms with Crippen LogP contribution in [-0.2, 0) is 0 Å². The van der Waals surface area contributed by atoms with Crippen LogP contribution in [0.3, 0.4) is 0 Å². The summed E-state index contributed by atoms with van der Waals surface area (Å²) in [5.74, 6) is 1.21. The topological polar surface area (TPSA) is 35.5 Å². The van der Waals surface area contributed by atoms with Gasteiger partial charge in [0.05, 0.1) is 11.4 Å². The van der Waals surface area contributed by atoms with Crippen LogP contribution in [0.5, 0.6) is 11.5 Å². The molecule has 0 atom stereocenters. The Morgan fingerprint density at radius 3 is 1.80 bits per heavy atom. The van der Waals surface area contributed by atoms with Gasteiger partial charge >= 0.3 is 0 Å². The van der Waals surface area contributed by atoms with Crippen molar-refractivity contribution in [3.05, 3.63) is 53.7 Å². The van der Waals surface area contributed by atoms with Crippen LogP contribution < -0.4 is 9.80 Å². The van der Waals surface area contributed by atoms with Crippen LogP contribution in [0.25, 0.3) is 0 Å². The standard InChI is InChI=1S/C12H8NO2/c14-13-9-5-1-3-7-11(9)15-12-8-4-2-6-10(12)13/h1-8H/q-1. The third-order valence-electron chi connectivity index (χ3n) is 2.39. The Bertz CT molecular complexity index is 465. The zero-order valence-corrected chi connectivity index (χ0v) is 7.88. The summed E-state index contributed by atoms with van der Waals surface area (Å²) >= 11 is 0.